The molecule has 138 valence electrons. The summed E-state index contributed by atoms with van der Waals surface area (Å²) in [5.74, 6) is -0.517. The van der Waals surface area contributed by atoms with E-state index in [0.717, 1.165) is 19.3 Å². The minimum Gasteiger partial charge on any atom is -0.399 e. The van der Waals surface area contributed by atoms with Gasteiger partial charge in [0, 0.05) is 24.5 Å². The third-order valence-corrected chi connectivity index (χ3v) is 4.61. The van der Waals surface area contributed by atoms with Gasteiger partial charge >= 0.3 is 11.8 Å². The van der Waals surface area contributed by atoms with Crippen LogP contribution in [0.25, 0.3) is 0 Å². The SMILES string of the molecule is Cl.Nc1cccc(NC(=O)C(=O)N2CCC(Cc3ccccc3)CC2)c1. The highest BCUT2D eigenvalue weighted by Crippen LogP contribution is 2.22. The topological polar surface area (TPSA) is 75.4 Å². The highest BCUT2D eigenvalue weighted by Gasteiger charge is 2.27. The smallest absolute Gasteiger partial charge is 0.313 e. The number of rotatable bonds is 3. The van der Waals surface area contributed by atoms with Crippen LogP contribution in [0.1, 0.15) is 18.4 Å². The summed E-state index contributed by atoms with van der Waals surface area (Å²) < 4.78 is 0. The van der Waals surface area contributed by atoms with Crippen LogP contribution in [-0.2, 0) is 16.0 Å². The Morgan fingerprint density at radius 1 is 1.04 bits per heavy atom. The zero-order valence-corrected chi connectivity index (χ0v) is 15.4. The standard InChI is InChI=1S/C20H23N3O2.ClH/c21-17-7-4-8-18(14-17)22-19(24)20(25)23-11-9-16(10-12-23)13-15-5-2-1-3-6-15;/h1-8,14,16H,9-13,21H2,(H,22,24);1H. The van der Waals surface area contributed by atoms with Crippen LogP contribution in [0, 0.1) is 5.92 Å². The number of hydrogen-bond acceptors (Lipinski definition) is 3. The molecule has 3 rings (SSSR count). The van der Waals surface area contributed by atoms with Gasteiger partial charge in [0.1, 0.15) is 0 Å². The fourth-order valence-electron chi connectivity index (χ4n) is 3.23. The van der Waals surface area contributed by atoms with Gasteiger partial charge in [-0.05, 0) is 48.9 Å². The lowest BCUT2D eigenvalue weighted by molar-refractivity contribution is -0.144. The van der Waals surface area contributed by atoms with Gasteiger partial charge in [0.05, 0.1) is 0 Å². The minimum absolute atomic E-state index is 0. The predicted molar refractivity (Wildman–Crippen MR) is 106 cm³/mol. The molecular weight excluding hydrogens is 350 g/mol. The molecule has 0 radical (unpaired) electrons. The molecule has 26 heavy (non-hydrogen) atoms. The Morgan fingerprint density at radius 3 is 2.38 bits per heavy atom. The van der Waals surface area contributed by atoms with E-state index in [4.69, 9.17) is 5.73 Å². The summed E-state index contributed by atoms with van der Waals surface area (Å²) >= 11 is 0. The normalized spacial score (nSPS) is 14.4. The second-order valence-electron chi connectivity index (χ2n) is 6.50. The molecular formula is C20H24ClN3O2. The molecule has 0 spiro atoms. The molecule has 6 heteroatoms. The molecule has 0 aromatic heterocycles. The van der Waals surface area contributed by atoms with E-state index in [1.807, 2.05) is 6.07 Å². The molecule has 1 aliphatic rings. The molecule has 0 atom stereocenters. The van der Waals surface area contributed by atoms with E-state index in [2.05, 4.69) is 29.6 Å². The van der Waals surface area contributed by atoms with Gasteiger partial charge in [-0.3, -0.25) is 9.59 Å². The summed E-state index contributed by atoms with van der Waals surface area (Å²) in [6, 6.07) is 17.2. The second kappa shape index (κ2) is 9.25. The fraction of sp³-hybridized carbons (Fsp3) is 0.300. The number of carbonyl (C=O) groups excluding carboxylic acids is 2. The van der Waals surface area contributed by atoms with E-state index in [9.17, 15) is 9.59 Å². The molecule has 3 N–H and O–H groups in total. The maximum Gasteiger partial charge on any atom is 0.313 e. The highest BCUT2D eigenvalue weighted by molar-refractivity contribution is 6.39. The van der Waals surface area contributed by atoms with Gasteiger partial charge in [-0.1, -0.05) is 36.4 Å². The Bertz CT molecular complexity index is 744. The molecule has 1 heterocycles. The number of nitrogens with one attached hydrogen (secondary N) is 1. The first-order valence-corrected chi connectivity index (χ1v) is 8.61. The Balaban J connectivity index is 0.00000243. The number of nitrogens with zero attached hydrogens (tertiary/aromatic N) is 1. The zero-order valence-electron chi connectivity index (χ0n) is 14.6. The Morgan fingerprint density at radius 2 is 1.73 bits per heavy atom. The van der Waals surface area contributed by atoms with Gasteiger partial charge in [-0.2, -0.15) is 0 Å². The van der Waals surface area contributed by atoms with Crippen LogP contribution in [0.3, 0.4) is 0 Å². The summed E-state index contributed by atoms with van der Waals surface area (Å²) in [5, 5.41) is 2.62. The number of nitrogens with two attached hydrogens (primary N) is 1. The van der Waals surface area contributed by atoms with Crippen molar-refractivity contribution in [2.75, 3.05) is 24.1 Å². The van der Waals surface area contributed by atoms with Gasteiger partial charge in [0.25, 0.3) is 0 Å². The lowest BCUT2D eigenvalue weighted by Gasteiger charge is -2.31. The van der Waals surface area contributed by atoms with Crippen molar-refractivity contribution < 1.29 is 9.59 Å². The third-order valence-electron chi connectivity index (χ3n) is 4.61. The number of benzene rings is 2. The van der Waals surface area contributed by atoms with E-state index in [1.54, 1.807) is 29.2 Å². The Kier molecular flexibility index (Phi) is 7.04. The maximum atomic E-state index is 12.3. The zero-order chi connectivity index (χ0) is 17.6. The molecule has 2 aromatic carbocycles. The maximum absolute atomic E-state index is 12.3. The highest BCUT2D eigenvalue weighted by atomic mass is 35.5. The van der Waals surface area contributed by atoms with Crippen molar-refractivity contribution in [3.05, 3.63) is 60.2 Å². The van der Waals surface area contributed by atoms with Crippen molar-refractivity contribution in [2.24, 2.45) is 5.92 Å². The monoisotopic (exact) mass is 373 g/mol. The van der Waals surface area contributed by atoms with E-state index < -0.39 is 11.8 Å². The molecule has 0 saturated carbocycles. The number of piperidine rings is 1. The largest absolute Gasteiger partial charge is 0.399 e. The third kappa shape index (κ3) is 5.23. The molecule has 0 bridgehead atoms. The number of hydrogen-bond donors (Lipinski definition) is 2. The molecule has 2 aromatic rings. The Labute approximate surface area is 160 Å². The molecule has 5 nitrogen and oxygen atoms in total. The summed E-state index contributed by atoms with van der Waals surface area (Å²) in [4.78, 5) is 26.1. The Hall–Kier alpha value is -2.53. The van der Waals surface area contributed by atoms with Crippen LogP contribution < -0.4 is 11.1 Å². The van der Waals surface area contributed by atoms with Crippen molar-refractivity contribution in [1.82, 2.24) is 4.90 Å². The number of amides is 2. The van der Waals surface area contributed by atoms with Crippen molar-refractivity contribution in [1.29, 1.82) is 0 Å². The van der Waals surface area contributed by atoms with Gasteiger partial charge < -0.3 is 16.0 Å². The van der Waals surface area contributed by atoms with Crippen molar-refractivity contribution in [2.45, 2.75) is 19.3 Å². The van der Waals surface area contributed by atoms with Gasteiger partial charge in [0.15, 0.2) is 0 Å². The number of nitrogen functional groups attached to an aromatic ring is 1. The van der Waals surface area contributed by atoms with Crippen LogP contribution in [0.4, 0.5) is 11.4 Å². The molecule has 0 unspecified atom stereocenters. The molecule has 0 aliphatic carbocycles. The quantitative estimate of drug-likeness (QED) is 0.641. The van der Waals surface area contributed by atoms with E-state index >= 15 is 0 Å². The van der Waals surface area contributed by atoms with Crippen molar-refractivity contribution in [3.8, 4) is 0 Å². The summed E-state index contributed by atoms with van der Waals surface area (Å²) in [5.41, 5.74) is 8.10. The molecule has 1 aliphatic heterocycles. The molecule has 2 amide bonds. The lowest BCUT2D eigenvalue weighted by Crippen LogP contribution is -2.44. The van der Waals surface area contributed by atoms with Crippen LogP contribution in [0.15, 0.2) is 54.6 Å². The first kappa shape index (κ1) is 19.8. The molecule has 1 fully saturated rings. The van der Waals surface area contributed by atoms with Gasteiger partial charge in [0.2, 0.25) is 0 Å². The summed E-state index contributed by atoms with van der Waals surface area (Å²) in [6.45, 7) is 1.25. The second-order valence-corrected chi connectivity index (χ2v) is 6.50. The van der Waals surface area contributed by atoms with Crippen molar-refractivity contribution in [3.63, 3.8) is 0 Å². The van der Waals surface area contributed by atoms with Gasteiger partial charge in [-0.25, -0.2) is 0 Å². The summed E-state index contributed by atoms with van der Waals surface area (Å²) in [6.07, 6.45) is 2.87. The first-order chi connectivity index (χ1) is 12.1. The van der Waals surface area contributed by atoms with E-state index in [0.29, 0.717) is 30.4 Å². The number of carbonyl (C=O) groups is 2. The predicted octanol–water partition coefficient (Wildman–Crippen LogP) is 3.11. The van der Waals surface area contributed by atoms with E-state index in [-0.39, 0.29) is 12.4 Å². The first-order valence-electron chi connectivity index (χ1n) is 8.61. The minimum atomic E-state index is -0.605. The fourth-order valence-corrected chi connectivity index (χ4v) is 3.23. The number of likely N-dealkylation sites (tertiary alicyclic amines) is 1. The van der Waals surface area contributed by atoms with Crippen LogP contribution in [0.2, 0.25) is 0 Å². The van der Waals surface area contributed by atoms with Gasteiger partial charge in [-0.15, -0.1) is 12.4 Å². The van der Waals surface area contributed by atoms with E-state index in [1.165, 1.54) is 5.56 Å². The van der Waals surface area contributed by atoms with Crippen molar-refractivity contribution >= 4 is 35.6 Å². The van der Waals surface area contributed by atoms with Crippen LogP contribution in [-0.4, -0.2) is 29.8 Å². The summed E-state index contributed by atoms with van der Waals surface area (Å²) in [7, 11) is 0. The molecule has 1 saturated heterocycles. The number of halogens is 1. The lowest BCUT2D eigenvalue weighted by atomic mass is 9.90. The van der Waals surface area contributed by atoms with Crippen LogP contribution >= 0.6 is 12.4 Å². The average Bonchev–Trinajstić information content (AvgIpc) is 2.62. The average molecular weight is 374 g/mol. The van der Waals surface area contributed by atoms with Crippen LogP contribution in [0.5, 0.6) is 0 Å². The number of anilines is 2.